The number of methoxy groups -OCH3 is 1. The summed E-state index contributed by atoms with van der Waals surface area (Å²) in [6.45, 7) is 5.24. The highest BCUT2D eigenvalue weighted by Crippen LogP contribution is 2.28. The summed E-state index contributed by atoms with van der Waals surface area (Å²) >= 11 is 0. The largest absolute Gasteiger partial charge is 0.493 e. The fourth-order valence-corrected chi connectivity index (χ4v) is 3.49. The molecule has 0 spiro atoms. The van der Waals surface area contributed by atoms with Gasteiger partial charge in [0.05, 0.1) is 12.0 Å². The molecule has 0 aliphatic rings. The van der Waals surface area contributed by atoms with Crippen molar-refractivity contribution >= 4 is 21.6 Å². The van der Waals surface area contributed by atoms with Crippen LogP contribution in [0.4, 0.5) is 5.69 Å². The minimum absolute atomic E-state index is 0.101. The molecule has 0 unspecified atom stereocenters. The van der Waals surface area contributed by atoms with Crippen LogP contribution in [-0.4, -0.2) is 46.4 Å². The number of hydrogen-bond donors (Lipinski definition) is 1. The molecular weight excluding hydrogens is 392 g/mol. The Morgan fingerprint density at radius 2 is 1.90 bits per heavy atom. The van der Waals surface area contributed by atoms with Crippen LogP contribution in [0.1, 0.15) is 11.1 Å². The zero-order valence-corrected chi connectivity index (χ0v) is 17.9. The predicted octanol–water partition coefficient (Wildman–Crippen LogP) is 3.00. The number of carbonyl (C=O) groups is 1. The van der Waals surface area contributed by atoms with Crippen LogP contribution in [0.2, 0.25) is 0 Å². The van der Waals surface area contributed by atoms with Gasteiger partial charge in [0.1, 0.15) is 0 Å². The second-order valence-electron chi connectivity index (χ2n) is 6.58. The Hall–Kier alpha value is -2.84. The molecule has 0 radical (unpaired) electrons. The quantitative estimate of drug-likeness (QED) is 0.633. The van der Waals surface area contributed by atoms with Crippen LogP contribution < -0.4 is 14.8 Å². The Labute approximate surface area is 172 Å². The maximum absolute atomic E-state index is 12.4. The van der Waals surface area contributed by atoms with Crippen LogP contribution in [0.15, 0.2) is 53.9 Å². The molecule has 2 aromatic rings. The van der Waals surface area contributed by atoms with Crippen molar-refractivity contribution in [1.29, 1.82) is 0 Å². The Bertz CT molecular complexity index is 1000. The van der Waals surface area contributed by atoms with Crippen LogP contribution in [0.25, 0.3) is 0 Å². The molecule has 29 heavy (non-hydrogen) atoms. The summed E-state index contributed by atoms with van der Waals surface area (Å²) < 4.78 is 36.6. The number of carbonyl (C=O) groups excluding carboxylic acids is 1. The Morgan fingerprint density at radius 1 is 1.17 bits per heavy atom. The second-order valence-corrected chi connectivity index (χ2v) is 8.73. The van der Waals surface area contributed by atoms with Crippen molar-refractivity contribution in [3.8, 4) is 11.5 Å². The van der Waals surface area contributed by atoms with Gasteiger partial charge in [-0.05, 0) is 48.7 Å². The van der Waals surface area contributed by atoms with Crippen molar-refractivity contribution in [3.63, 3.8) is 0 Å². The maximum Gasteiger partial charge on any atom is 0.262 e. The first-order chi connectivity index (χ1) is 13.7. The molecule has 2 aromatic carbocycles. The van der Waals surface area contributed by atoms with Crippen LogP contribution >= 0.6 is 0 Å². The van der Waals surface area contributed by atoms with E-state index in [9.17, 15) is 13.2 Å². The van der Waals surface area contributed by atoms with Gasteiger partial charge in [-0.2, -0.15) is 0 Å². The fourth-order valence-electron chi connectivity index (χ4n) is 2.56. The van der Waals surface area contributed by atoms with Gasteiger partial charge in [0.15, 0.2) is 18.1 Å². The van der Waals surface area contributed by atoms with Crippen LogP contribution in [0.5, 0.6) is 11.5 Å². The van der Waals surface area contributed by atoms with E-state index in [1.54, 1.807) is 25.1 Å². The first kappa shape index (κ1) is 22.4. The topological polar surface area (TPSA) is 84.9 Å². The molecule has 1 N–H and O–H groups in total. The van der Waals surface area contributed by atoms with Gasteiger partial charge in [-0.3, -0.25) is 4.79 Å². The minimum atomic E-state index is -3.60. The summed E-state index contributed by atoms with van der Waals surface area (Å²) in [6.07, 6.45) is 2.48. The van der Waals surface area contributed by atoms with E-state index in [-0.39, 0.29) is 11.5 Å². The number of amides is 1. The van der Waals surface area contributed by atoms with Crippen LogP contribution in [-0.2, 0) is 21.2 Å². The molecule has 0 fully saturated rings. The lowest BCUT2D eigenvalue weighted by molar-refractivity contribution is -0.118. The highest BCUT2D eigenvalue weighted by Gasteiger charge is 2.19. The van der Waals surface area contributed by atoms with E-state index in [0.717, 1.165) is 15.4 Å². The minimum Gasteiger partial charge on any atom is -0.493 e. The standard InChI is InChI=1S/C21H26N2O5S/c1-6-7-16-9-11-19(20(12-16)27-5)28-14-21(24)22-18-13-17(10-8-15(18)2)29(25,26)23(3)4/h6,8-13H,1,7,14H2,2-5H3,(H,22,24). The highest BCUT2D eigenvalue weighted by molar-refractivity contribution is 7.89. The van der Waals surface area contributed by atoms with Crippen molar-refractivity contribution in [2.75, 3.05) is 33.1 Å². The zero-order chi connectivity index (χ0) is 21.6. The van der Waals surface area contributed by atoms with E-state index in [4.69, 9.17) is 9.47 Å². The van der Waals surface area contributed by atoms with E-state index in [1.807, 2.05) is 12.1 Å². The molecule has 7 nitrogen and oxygen atoms in total. The molecule has 156 valence electrons. The molecule has 0 atom stereocenters. The molecule has 8 heteroatoms. The van der Waals surface area contributed by atoms with E-state index in [0.29, 0.717) is 23.6 Å². The number of hydrogen-bond acceptors (Lipinski definition) is 5. The molecule has 0 saturated heterocycles. The third-order valence-electron chi connectivity index (χ3n) is 4.23. The van der Waals surface area contributed by atoms with E-state index >= 15 is 0 Å². The lowest BCUT2D eigenvalue weighted by Gasteiger charge is -2.15. The number of allylic oxidation sites excluding steroid dienone is 1. The highest BCUT2D eigenvalue weighted by atomic mass is 32.2. The molecule has 2 rings (SSSR count). The van der Waals surface area contributed by atoms with Gasteiger partial charge in [-0.1, -0.05) is 18.2 Å². The first-order valence-electron chi connectivity index (χ1n) is 8.92. The zero-order valence-electron chi connectivity index (χ0n) is 17.1. The second kappa shape index (κ2) is 9.58. The number of nitrogens with zero attached hydrogens (tertiary/aromatic N) is 1. The summed E-state index contributed by atoms with van der Waals surface area (Å²) in [7, 11) is 0.837. The number of nitrogens with one attached hydrogen (secondary N) is 1. The van der Waals surface area contributed by atoms with E-state index < -0.39 is 15.9 Å². The fraction of sp³-hybridized carbons (Fsp3) is 0.286. The Balaban J connectivity index is 2.11. The summed E-state index contributed by atoms with van der Waals surface area (Å²) in [6, 6.07) is 10.0. The van der Waals surface area contributed by atoms with Gasteiger partial charge in [0.2, 0.25) is 10.0 Å². The number of aryl methyl sites for hydroxylation is 1. The molecule has 0 saturated carbocycles. The SMILES string of the molecule is C=CCc1ccc(OCC(=O)Nc2cc(S(=O)(=O)N(C)C)ccc2C)c(OC)c1. The van der Waals surface area contributed by atoms with Gasteiger partial charge in [-0.15, -0.1) is 6.58 Å². The van der Waals surface area contributed by atoms with E-state index in [2.05, 4.69) is 11.9 Å². The third kappa shape index (κ3) is 5.58. The first-order valence-corrected chi connectivity index (χ1v) is 10.4. The molecular formula is C21H26N2O5S. The van der Waals surface area contributed by atoms with Crippen molar-refractivity contribution in [3.05, 3.63) is 60.2 Å². The summed E-state index contributed by atoms with van der Waals surface area (Å²) in [4.78, 5) is 12.5. The average molecular weight is 419 g/mol. The average Bonchev–Trinajstić information content (AvgIpc) is 2.68. The third-order valence-corrected chi connectivity index (χ3v) is 6.04. The van der Waals surface area contributed by atoms with Crippen molar-refractivity contribution in [1.82, 2.24) is 4.31 Å². The van der Waals surface area contributed by atoms with Crippen LogP contribution in [0, 0.1) is 6.92 Å². The summed E-state index contributed by atoms with van der Waals surface area (Å²) in [5.41, 5.74) is 2.17. The van der Waals surface area contributed by atoms with Crippen molar-refractivity contribution in [2.24, 2.45) is 0 Å². The normalized spacial score (nSPS) is 11.2. The number of ether oxygens (including phenoxy) is 2. The number of benzene rings is 2. The van der Waals surface area contributed by atoms with Gasteiger partial charge in [0, 0.05) is 19.8 Å². The Kier molecular flexibility index (Phi) is 7.41. The van der Waals surface area contributed by atoms with Gasteiger partial charge >= 0.3 is 0 Å². The molecule has 0 aromatic heterocycles. The predicted molar refractivity (Wildman–Crippen MR) is 113 cm³/mol. The summed E-state index contributed by atoms with van der Waals surface area (Å²) in [5.74, 6) is 0.549. The monoisotopic (exact) mass is 418 g/mol. The van der Waals surface area contributed by atoms with Crippen LogP contribution in [0.3, 0.4) is 0 Å². The molecule has 0 heterocycles. The number of rotatable bonds is 9. The maximum atomic E-state index is 12.4. The van der Waals surface area contributed by atoms with Gasteiger partial charge in [0.25, 0.3) is 5.91 Å². The molecule has 0 aliphatic heterocycles. The van der Waals surface area contributed by atoms with Crippen molar-refractivity contribution < 1.29 is 22.7 Å². The molecule has 0 bridgehead atoms. The number of anilines is 1. The lowest BCUT2D eigenvalue weighted by Crippen LogP contribution is -2.23. The lowest BCUT2D eigenvalue weighted by atomic mass is 10.1. The number of sulfonamides is 1. The van der Waals surface area contributed by atoms with Gasteiger partial charge < -0.3 is 14.8 Å². The Morgan fingerprint density at radius 3 is 2.52 bits per heavy atom. The summed E-state index contributed by atoms with van der Waals surface area (Å²) in [5, 5.41) is 2.70. The van der Waals surface area contributed by atoms with E-state index in [1.165, 1.54) is 33.3 Å². The smallest absolute Gasteiger partial charge is 0.262 e. The van der Waals surface area contributed by atoms with Gasteiger partial charge in [-0.25, -0.2) is 12.7 Å². The molecule has 0 aliphatic carbocycles. The van der Waals surface area contributed by atoms with Crippen molar-refractivity contribution in [2.45, 2.75) is 18.2 Å². The molecule has 1 amide bonds.